The second-order valence-electron chi connectivity index (χ2n) is 4.61. The number of anilines is 1. The number of ether oxygens (including phenoxy) is 1. The van der Waals surface area contributed by atoms with Crippen LogP contribution < -0.4 is 10.1 Å². The average Bonchev–Trinajstić information content (AvgIpc) is 2.47. The summed E-state index contributed by atoms with van der Waals surface area (Å²) in [6.07, 6.45) is 0. The van der Waals surface area contributed by atoms with Gasteiger partial charge in [-0.05, 0) is 43.3 Å². The Morgan fingerprint density at radius 2 is 1.81 bits per heavy atom. The molecule has 2 aromatic rings. The first-order chi connectivity index (χ1) is 10.0. The monoisotopic (exact) mass is 290 g/mol. The van der Waals surface area contributed by atoms with Crippen LogP contribution in [0.1, 0.15) is 6.92 Å². The van der Waals surface area contributed by atoms with Gasteiger partial charge in [0.2, 0.25) is 0 Å². The minimum absolute atomic E-state index is 0.00323. The molecular weight excluding hydrogens is 275 g/mol. The molecule has 0 heterocycles. The highest BCUT2D eigenvalue weighted by atomic mass is 19.1. The van der Waals surface area contributed by atoms with Crippen molar-refractivity contribution in [2.45, 2.75) is 13.0 Å². The molecule has 0 fully saturated rings. The van der Waals surface area contributed by atoms with Gasteiger partial charge in [0, 0.05) is 17.8 Å². The second-order valence-corrected chi connectivity index (χ2v) is 4.61. The Morgan fingerprint density at radius 3 is 2.38 bits per heavy atom. The third-order valence-electron chi connectivity index (χ3n) is 2.80. The van der Waals surface area contributed by atoms with Crippen LogP contribution in [0.4, 0.5) is 15.8 Å². The Labute approximate surface area is 121 Å². The van der Waals surface area contributed by atoms with Crippen molar-refractivity contribution in [2.75, 3.05) is 11.9 Å². The molecule has 0 aliphatic heterocycles. The fourth-order valence-corrected chi connectivity index (χ4v) is 1.76. The van der Waals surface area contributed by atoms with Gasteiger partial charge in [-0.3, -0.25) is 10.1 Å². The first-order valence-corrected chi connectivity index (χ1v) is 6.44. The molecule has 1 N–H and O–H groups in total. The van der Waals surface area contributed by atoms with Crippen molar-refractivity contribution >= 4 is 11.4 Å². The molecule has 0 radical (unpaired) electrons. The summed E-state index contributed by atoms with van der Waals surface area (Å²) >= 11 is 0. The zero-order valence-electron chi connectivity index (χ0n) is 11.5. The summed E-state index contributed by atoms with van der Waals surface area (Å²) in [5.41, 5.74) is 0.826. The number of benzene rings is 2. The smallest absolute Gasteiger partial charge is 0.269 e. The van der Waals surface area contributed by atoms with Gasteiger partial charge in [-0.2, -0.15) is 0 Å². The molecule has 5 nitrogen and oxygen atoms in total. The van der Waals surface area contributed by atoms with Gasteiger partial charge in [0.05, 0.1) is 11.0 Å². The molecule has 110 valence electrons. The third-order valence-corrected chi connectivity index (χ3v) is 2.80. The van der Waals surface area contributed by atoms with Crippen molar-refractivity contribution in [3.05, 3.63) is 64.5 Å². The number of nitrogens with zero attached hydrogens (tertiary/aromatic N) is 1. The van der Waals surface area contributed by atoms with Crippen molar-refractivity contribution < 1.29 is 14.1 Å². The van der Waals surface area contributed by atoms with E-state index < -0.39 is 4.92 Å². The van der Waals surface area contributed by atoms with E-state index in [2.05, 4.69) is 5.32 Å². The van der Waals surface area contributed by atoms with Crippen LogP contribution in [0.2, 0.25) is 0 Å². The number of nitrogens with one attached hydrogen (secondary N) is 1. The van der Waals surface area contributed by atoms with Crippen molar-refractivity contribution in [3.63, 3.8) is 0 Å². The molecular formula is C15H15FN2O3. The molecule has 0 spiro atoms. The number of hydrogen-bond donors (Lipinski definition) is 1. The Bertz CT molecular complexity index is 599. The summed E-state index contributed by atoms with van der Waals surface area (Å²) in [6, 6.07) is 12.0. The molecule has 2 rings (SSSR count). The lowest BCUT2D eigenvalue weighted by atomic mass is 10.2. The number of rotatable bonds is 6. The van der Waals surface area contributed by atoms with Crippen molar-refractivity contribution in [1.29, 1.82) is 0 Å². The summed E-state index contributed by atoms with van der Waals surface area (Å²) in [5, 5.41) is 13.7. The summed E-state index contributed by atoms with van der Waals surface area (Å²) < 4.78 is 18.3. The van der Waals surface area contributed by atoms with Gasteiger partial charge in [-0.15, -0.1) is 0 Å². The molecule has 0 aromatic heterocycles. The minimum atomic E-state index is -0.440. The lowest BCUT2D eigenvalue weighted by molar-refractivity contribution is -0.384. The van der Waals surface area contributed by atoms with Crippen LogP contribution in [0.15, 0.2) is 48.5 Å². The molecule has 0 aliphatic rings. The van der Waals surface area contributed by atoms with Gasteiger partial charge in [0.25, 0.3) is 5.69 Å². The highest BCUT2D eigenvalue weighted by Crippen LogP contribution is 2.17. The molecule has 1 unspecified atom stereocenters. The second kappa shape index (κ2) is 6.69. The first kappa shape index (κ1) is 14.8. The van der Waals surface area contributed by atoms with Gasteiger partial charge in [-0.25, -0.2) is 4.39 Å². The number of nitro benzene ring substituents is 1. The molecule has 0 saturated heterocycles. The quantitative estimate of drug-likeness (QED) is 0.652. The highest BCUT2D eigenvalue weighted by molar-refractivity contribution is 5.49. The van der Waals surface area contributed by atoms with E-state index in [1.54, 1.807) is 24.3 Å². The predicted molar refractivity (Wildman–Crippen MR) is 78.1 cm³/mol. The maximum absolute atomic E-state index is 12.7. The summed E-state index contributed by atoms with van der Waals surface area (Å²) in [6.45, 7) is 2.31. The topological polar surface area (TPSA) is 64.4 Å². The Balaban J connectivity index is 1.85. The van der Waals surface area contributed by atoms with Gasteiger partial charge >= 0.3 is 0 Å². The summed E-state index contributed by atoms with van der Waals surface area (Å²) in [4.78, 5) is 10.1. The molecule has 1 atom stereocenters. The molecule has 0 aliphatic carbocycles. The number of halogens is 1. The SMILES string of the molecule is CC(COc1ccc(F)cc1)Nc1ccc([N+](=O)[O-])cc1. The van der Waals surface area contributed by atoms with E-state index in [-0.39, 0.29) is 17.5 Å². The zero-order chi connectivity index (χ0) is 15.2. The van der Waals surface area contributed by atoms with E-state index in [1.165, 1.54) is 24.3 Å². The number of nitro groups is 1. The van der Waals surface area contributed by atoms with Gasteiger partial charge in [0.1, 0.15) is 18.2 Å². The fourth-order valence-electron chi connectivity index (χ4n) is 1.76. The zero-order valence-corrected chi connectivity index (χ0v) is 11.5. The Kier molecular flexibility index (Phi) is 4.71. The van der Waals surface area contributed by atoms with Crippen molar-refractivity contribution in [3.8, 4) is 5.75 Å². The minimum Gasteiger partial charge on any atom is -0.491 e. The van der Waals surface area contributed by atoms with Crippen LogP contribution in [0.3, 0.4) is 0 Å². The van der Waals surface area contributed by atoms with Crippen LogP contribution in [0.25, 0.3) is 0 Å². The van der Waals surface area contributed by atoms with Crippen LogP contribution in [-0.4, -0.2) is 17.6 Å². The van der Waals surface area contributed by atoms with Gasteiger partial charge < -0.3 is 10.1 Å². The third kappa shape index (κ3) is 4.45. The average molecular weight is 290 g/mol. The predicted octanol–water partition coefficient (Wildman–Crippen LogP) is 3.61. The number of non-ortho nitro benzene ring substituents is 1. The van der Waals surface area contributed by atoms with E-state index in [1.807, 2.05) is 6.92 Å². The summed E-state index contributed by atoms with van der Waals surface area (Å²) in [7, 11) is 0. The van der Waals surface area contributed by atoms with Gasteiger partial charge in [-0.1, -0.05) is 0 Å². The Hall–Kier alpha value is -2.63. The van der Waals surface area contributed by atoms with E-state index in [0.29, 0.717) is 12.4 Å². The highest BCUT2D eigenvalue weighted by Gasteiger charge is 2.07. The lowest BCUT2D eigenvalue weighted by Gasteiger charge is -2.16. The first-order valence-electron chi connectivity index (χ1n) is 6.44. The van der Waals surface area contributed by atoms with Crippen LogP contribution in [0, 0.1) is 15.9 Å². The maximum atomic E-state index is 12.7. The van der Waals surface area contributed by atoms with E-state index >= 15 is 0 Å². The maximum Gasteiger partial charge on any atom is 0.269 e. The van der Waals surface area contributed by atoms with Crippen LogP contribution in [-0.2, 0) is 0 Å². The van der Waals surface area contributed by atoms with Crippen molar-refractivity contribution in [1.82, 2.24) is 0 Å². The van der Waals surface area contributed by atoms with E-state index in [0.717, 1.165) is 5.69 Å². The molecule has 2 aromatic carbocycles. The number of hydrogen-bond acceptors (Lipinski definition) is 4. The van der Waals surface area contributed by atoms with E-state index in [4.69, 9.17) is 4.74 Å². The fraction of sp³-hybridized carbons (Fsp3) is 0.200. The molecule has 0 saturated carbocycles. The lowest BCUT2D eigenvalue weighted by Crippen LogP contribution is -2.23. The summed E-state index contributed by atoms with van der Waals surface area (Å²) in [5.74, 6) is 0.285. The van der Waals surface area contributed by atoms with E-state index in [9.17, 15) is 14.5 Å². The van der Waals surface area contributed by atoms with Crippen LogP contribution >= 0.6 is 0 Å². The standard InChI is InChI=1S/C15H15FN2O3/c1-11(10-21-15-8-2-12(16)3-9-15)17-13-4-6-14(7-5-13)18(19)20/h2-9,11,17H,10H2,1H3. The molecule has 6 heteroatoms. The Morgan fingerprint density at radius 1 is 1.19 bits per heavy atom. The normalized spacial score (nSPS) is 11.7. The molecule has 21 heavy (non-hydrogen) atoms. The molecule has 0 amide bonds. The molecule has 0 bridgehead atoms. The largest absolute Gasteiger partial charge is 0.491 e. The van der Waals surface area contributed by atoms with Crippen molar-refractivity contribution in [2.24, 2.45) is 0 Å². The van der Waals surface area contributed by atoms with Gasteiger partial charge in [0.15, 0.2) is 0 Å². The van der Waals surface area contributed by atoms with Crippen LogP contribution in [0.5, 0.6) is 5.75 Å².